The van der Waals surface area contributed by atoms with Crippen molar-refractivity contribution < 1.29 is 39.5 Å². The van der Waals surface area contributed by atoms with Gasteiger partial charge in [-0.25, -0.2) is 4.79 Å². The highest BCUT2D eigenvalue weighted by molar-refractivity contribution is 6.09. The van der Waals surface area contributed by atoms with Crippen LogP contribution >= 0.6 is 0 Å². The average Bonchev–Trinajstić information content (AvgIpc) is 2.61. The molecule has 1 saturated heterocycles. The molecule has 0 saturated carbocycles. The van der Waals surface area contributed by atoms with E-state index in [2.05, 4.69) is 4.74 Å². The molecule has 0 aliphatic carbocycles. The van der Waals surface area contributed by atoms with Gasteiger partial charge in [0.15, 0.2) is 6.10 Å². The Hall–Kier alpha value is -1.06. The molecular weight excluding hydrogens is 236 g/mol. The van der Waals surface area contributed by atoms with E-state index >= 15 is 0 Å². The molecule has 4 atom stereocenters. The Morgan fingerprint density at radius 1 is 1.24 bits per heavy atom. The Morgan fingerprint density at radius 2 is 1.88 bits per heavy atom. The summed E-state index contributed by atoms with van der Waals surface area (Å²) in [4.78, 5) is 22.7. The SMILES string of the molecule is O=C1OC(C(O)CO)C(=O)C1OCC(O)CO. The first-order chi connectivity index (χ1) is 8.01. The lowest BCUT2D eigenvalue weighted by molar-refractivity contribution is -0.154. The van der Waals surface area contributed by atoms with Crippen molar-refractivity contribution in [1.29, 1.82) is 0 Å². The maximum absolute atomic E-state index is 11.5. The molecule has 4 N–H and O–H groups in total. The number of hydrogen-bond acceptors (Lipinski definition) is 8. The zero-order chi connectivity index (χ0) is 13.0. The van der Waals surface area contributed by atoms with Crippen molar-refractivity contribution in [3.8, 4) is 0 Å². The van der Waals surface area contributed by atoms with E-state index in [-0.39, 0.29) is 0 Å². The van der Waals surface area contributed by atoms with Crippen molar-refractivity contribution in [3.05, 3.63) is 0 Å². The number of ether oxygens (including phenoxy) is 2. The molecule has 98 valence electrons. The molecule has 1 fully saturated rings. The monoisotopic (exact) mass is 250 g/mol. The normalized spacial score (nSPS) is 28.0. The maximum Gasteiger partial charge on any atom is 0.344 e. The second-order valence-corrected chi connectivity index (χ2v) is 3.56. The predicted molar refractivity (Wildman–Crippen MR) is 50.8 cm³/mol. The summed E-state index contributed by atoms with van der Waals surface area (Å²) >= 11 is 0. The molecule has 0 spiro atoms. The highest BCUT2D eigenvalue weighted by atomic mass is 16.6. The van der Waals surface area contributed by atoms with Crippen LogP contribution in [-0.2, 0) is 19.1 Å². The van der Waals surface area contributed by atoms with Gasteiger partial charge in [-0.15, -0.1) is 0 Å². The summed E-state index contributed by atoms with van der Waals surface area (Å²) in [5.41, 5.74) is 0. The Bertz CT molecular complexity index is 291. The van der Waals surface area contributed by atoms with E-state index in [1.54, 1.807) is 0 Å². The van der Waals surface area contributed by atoms with Crippen LogP contribution in [0.2, 0.25) is 0 Å². The molecule has 4 unspecified atom stereocenters. The van der Waals surface area contributed by atoms with E-state index in [1.807, 2.05) is 0 Å². The van der Waals surface area contributed by atoms with Crippen molar-refractivity contribution in [1.82, 2.24) is 0 Å². The molecule has 1 rings (SSSR count). The Morgan fingerprint density at radius 3 is 2.41 bits per heavy atom. The fourth-order valence-electron chi connectivity index (χ4n) is 1.28. The summed E-state index contributed by atoms with van der Waals surface area (Å²) in [5, 5.41) is 35.3. The van der Waals surface area contributed by atoms with Gasteiger partial charge in [-0.3, -0.25) is 4.79 Å². The third-order valence-electron chi connectivity index (χ3n) is 2.20. The number of carbonyl (C=O) groups excluding carboxylic acids is 2. The first kappa shape index (κ1) is 14.0. The van der Waals surface area contributed by atoms with Crippen LogP contribution in [0.1, 0.15) is 0 Å². The van der Waals surface area contributed by atoms with Crippen LogP contribution in [0.3, 0.4) is 0 Å². The Labute approximate surface area is 96.4 Å². The van der Waals surface area contributed by atoms with Crippen LogP contribution in [0.25, 0.3) is 0 Å². The minimum Gasteiger partial charge on any atom is -0.449 e. The number of esters is 1. The Balaban J connectivity index is 2.57. The summed E-state index contributed by atoms with van der Waals surface area (Å²) in [6, 6.07) is 0. The fourth-order valence-corrected chi connectivity index (χ4v) is 1.28. The van der Waals surface area contributed by atoms with Crippen LogP contribution in [0, 0.1) is 0 Å². The number of Topliss-reactive ketones (excluding diaryl/α,β-unsaturated/α-hetero) is 1. The number of rotatable bonds is 6. The van der Waals surface area contributed by atoms with Gasteiger partial charge in [-0.05, 0) is 0 Å². The molecule has 17 heavy (non-hydrogen) atoms. The largest absolute Gasteiger partial charge is 0.449 e. The molecule has 1 heterocycles. The molecule has 8 nitrogen and oxygen atoms in total. The average molecular weight is 250 g/mol. The van der Waals surface area contributed by atoms with Gasteiger partial charge < -0.3 is 29.9 Å². The number of cyclic esters (lactones) is 1. The van der Waals surface area contributed by atoms with Crippen LogP contribution in [0.5, 0.6) is 0 Å². The third-order valence-corrected chi connectivity index (χ3v) is 2.20. The van der Waals surface area contributed by atoms with Gasteiger partial charge in [-0.1, -0.05) is 0 Å². The second kappa shape index (κ2) is 6.03. The van der Waals surface area contributed by atoms with Crippen molar-refractivity contribution in [2.45, 2.75) is 24.4 Å². The number of carbonyl (C=O) groups is 2. The minimum atomic E-state index is -1.54. The zero-order valence-electron chi connectivity index (χ0n) is 8.85. The van der Waals surface area contributed by atoms with Gasteiger partial charge in [0, 0.05) is 0 Å². The topological polar surface area (TPSA) is 134 Å². The molecular formula is C9H14O8. The lowest BCUT2D eigenvalue weighted by Crippen LogP contribution is -2.38. The Kier molecular flexibility index (Phi) is 4.97. The van der Waals surface area contributed by atoms with E-state index in [4.69, 9.17) is 20.1 Å². The van der Waals surface area contributed by atoms with E-state index in [0.29, 0.717) is 0 Å². The molecule has 0 amide bonds. The summed E-state index contributed by atoms with van der Waals surface area (Å²) in [6.07, 6.45) is -5.70. The molecule has 0 aromatic rings. The van der Waals surface area contributed by atoms with E-state index in [9.17, 15) is 14.7 Å². The van der Waals surface area contributed by atoms with Gasteiger partial charge in [0.2, 0.25) is 11.9 Å². The lowest BCUT2D eigenvalue weighted by Gasteiger charge is -2.12. The predicted octanol–water partition coefficient (Wildman–Crippen LogP) is -3.43. The molecule has 0 bridgehead atoms. The molecule has 0 aromatic heterocycles. The van der Waals surface area contributed by atoms with Gasteiger partial charge >= 0.3 is 5.97 Å². The minimum absolute atomic E-state index is 0.413. The first-order valence-electron chi connectivity index (χ1n) is 4.95. The molecule has 0 radical (unpaired) electrons. The van der Waals surface area contributed by atoms with Crippen molar-refractivity contribution in [2.24, 2.45) is 0 Å². The summed E-state index contributed by atoms with van der Waals surface area (Å²) in [5.74, 6) is -1.81. The summed E-state index contributed by atoms with van der Waals surface area (Å²) in [7, 11) is 0. The van der Waals surface area contributed by atoms with Crippen LogP contribution < -0.4 is 0 Å². The van der Waals surface area contributed by atoms with Crippen LogP contribution in [0.4, 0.5) is 0 Å². The van der Waals surface area contributed by atoms with E-state index in [1.165, 1.54) is 0 Å². The van der Waals surface area contributed by atoms with Crippen molar-refractivity contribution in [2.75, 3.05) is 19.8 Å². The quantitative estimate of drug-likeness (QED) is 0.283. The molecule has 1 aliphatic rings. The third kappa shape index (κ3) is 3.20. The molecule has 8 heteroatoms. The first-order valence-corrected chi connectivity index (χ1v) is 4.95. The molecule has 1 aliphatic heterocycles. The number of hydrogen-bond donors (Lipinski definition) is 4. The van der Waals surface area contributed by atoms with Gasteiger partial charge in [0.05, 0.1) is 19.8 Å². The summed E-state index contributed by atoms with van der Waals surface area (Å²) < 4.78 is 9.32. The lowest BCUT2D eigenvalue weighted by atomic mass is 10.1. The highest BCUT2D eigenvalue weighted by Crippen LogP contribution is 2.17. The smallest absolute Gasteiger partial charge is 0.344 e. The van der Waals surface area contributed by atoms with E-state index < -0.39 is 56.0 Å². The van der Waals surface area contributed by atoms with Crippen molar-refractivity contribution >= 4 is 11.8 Å². The van der Waals surface area contributed by atoms with E-state index in [0.717, 1.165) is 0 Å². The van der Waals surface area contributed by atoms with Crippen LogP contribution in [-0.4, -0.2) is 76.4 Å². The zero-order valence-corrected chi connectivity index (χ0v) is 8.85. The number of aliphatic hydroxyl groups excluding tert-OH is 4. The number of aliphatic hydroxyl groups is 4. The maximum atomic E-state index is 11.5. The van der Waals surface area contributed by atoms with Gasteiger partial charge in [0.25, 0.3) is 0 Å². The molecule has 0 aromatic carbocycles. The number of ketones is 1. The second-order valence-electron chi connectivity index (χ2n) is 3.56. The standard InChI is InChI=1S/C9H14O8/c10-1-4(12)3-16-8-6(14)7(5(13)2-11)17-9(8)15/h4-5,7-8,10-13H,1-3H2. The van der Waals surface area contributed by atoms with Gasteiger partial charge in [0.1, 0.15) is 12.2 Å². The van der Waals surface area contributed by atoms with Gasteiger partial charge in [-0.2, -0.15) is 0 Å². The highest BCUT2D eigenvalue weighted by Gasteiger charge is 2.47. The summed E-state index contributed by atoms with van der Waals surface area (Å²) in [6.45, 7) is -1.71. The fraction of sp³-hybridized carbons (Fsp3) is 0.778. The van der Waals surface area contributed by atoms with Crippen LogP contribution in [0.15, 0.2) is 0 Å². The van der Waals surface area contributed by atoms with Crippen molar-refractivity contribution in [3.63, 3.8) is 0 Å².